The van der Waals surface area contributed by atoms with E-state index < -0.39 is 5.63 Å². The van der Waals surface area contributed by atoms with Gasteiger partial charge in [0.15, 0.2) is 12.1 Å². The Kier molecular flexibility index (Phi) is 2.52. The van der Waals surface area contributed by atoms with Gasteiger partial charge in [0.1, 0.15) is 10.9 Å². The lowest BCUT2D eigenvalue weighted by molar-refractivity contribution is 0.337. The lowest BCUT2D eigenvalue weighted by atomic mass is 10.2. The minimum atomic E-state index is -0.625. The topological polar surface area (TPSA) is 78.4 Å². The largest absolute Gasteiger partial charge is 0.411 e. The summed E-state index contributed by atoms with van der Waals surface area (Å²) in [4.78, 5) is 19.7. The Bertz CT molecular complexity index is 582. The average Bonchev–Trinajstić information content (AvgIpc) is 2.17. The molecule has 5 nitrogen and oxygen atoms in total. The van der Waals surface area contributed by atoms with Crippen LogP contribution in [0.2, 0.25) is 10.0 Å². The normalized spacial score (nSPS) is 10.6. The lowest BCUT2D eigenvalue weighted by Gasteiger charge is -2.05. The predicted octanol–water partition coefficient (Wildman–Crippen LogP) is 1.75. The SMILES string of the molecule is NOc1c(Cl)cc(Cl)c2c(=O)ocnc12. The first kappa shape index (κ1) is 10.2. The number of hydrogen-bond acceptors (Lipinski definition) is 5. The molecular weight excluding hydrogens is 243 g/mol. The molecule has 0 bridgehead atoms. The second-order valence-corrected chi connectivity index (χ2v) is 3.47. The Morgan fingerprint density at radius 3 is 2.80 bits per heavy atom. The summed E-state index contributed by atoms with van der Waals surface area (Å²) in [6.07, 6.45) is 0.972. The van der Waals surface area contributed by atoms with E-state index >= 15 is 0 Å². The molecule has 0 radical (unpaired) electrons. The van der Waals surface area contributed by atoms with E-state index in [-0.39, 0.29) is 26.7 Å². The van der Waals surface area contributed by atoms with Gasteiger partial charge in [-0.1, -0.05) is 23.2 Å². The molecule has 2 N–H and O–H groups in total. The second-order valence-electron chi connectivity index (χ2n) is 2.65. The van der Waals surface area contributed by atoms with Crippen molar-refractivity contribution < 1.29 is 9.25 Å². The molecule has 1 aromatic carbocycles. The van der Waals surface area contributed by atoms with Gasteiger partial charge in [-0.15, -0.1) is 0 Å². The highest BCUT2D eigenvalue weighted by molar-refractivity contribution is 6.39. The van der Waals surface area contributed by atoms with Gasteiger partial charge >= 0.3 is 5.63 Å². The molecule has 0 aliphatic rings. The molecule has 78 valence electrons. The molecule has 0 fully saturated rings. The Morgan fingerprint density at radius 2 is 2.13 bits per heavy atom. The first-order valence-electron chi connectivity index (χ1n) is 3.77. The Balaban J connectivity index is 3.03. The van der Waals surface area contributed by atoms with Gasteiger partial charge in [0.05, 0.1) is 10.0 Å². The summed E-state index contributed by atoms with van der Waals surface area (Å²) in [5.41, 5.74) is -0.453. The number of halogens is 2. The maximum atomic E-state index is 11.3. The highest BCUT2D eigenvalue weighted by atomic mass is 35.5. The zero-order chi connectivity index (χ0) is 11.0. The molecule has 7 heteroatoms. The van der Waals surface area contributed by atoms with Crippen molar-refractivity contribution in [1.82, 2.24) is 4.98 Å². The molecule has 0 amide bonds. The van der Waals surface area contributed by atoms with Crippen LogP contribution >= 0.6 is 23.2 Å². The maximum Gasteiger partial charge on any atom is 0.348 e. The van der Waals surface area contributed by atoms with E-state index in [1.54, 1.807) is 0 Å². The molecule has 15 heavy (non-hydrogen) atoms. The van der Waals surface area contributed by atoms with Crippen molar-refractivity contribution in [3.05, 3.63) is 32.9 Å². The summed E-state index contributed by atoms with van der Waals surface area (Å²) in [6.45, 7) is 0. The summed E-state index contributed by atoms with van der Waals surface area (Å²) in [5, 5.41) is 0.398. The predicted molar refractivity (Wildman–Crippen MR) is 55.1 cm³/mol. The highest BCUT2D eigenvalue weighted by Crippen LogP contribution is 2.34. The van der Waals surface area contributed by atoms with E-state index in [0.29, 0.717) is 0 Å². The number of aromatic nitrogens is 1. The van der Waals surface area contributed by atoms with Crippen LogP contribution in [0.4, 0.5) is 0 Å². The van der Waals surface area contributed by atoms with E-state index in [4.69, 9.17) is 29.1 Å². The van der Waals surface area contributed by atoms with Gasteiger partial charge in [0.25, 0.3) is 0 Å². The molecule has 0 saturated heterocycles. The fourth-order valence-corrected chi connectivity index (χ4v) is 1.78. The fraction of sp³-hybridized carbons (Fsp3) is 0. The second kappa shape index (κ2) is 3.69. The highest BCUT2D eigenvalue weighted by Gasteiger charge is 2.15. The average molecular weight is 247 g/mol. The zero-order valence-corrected chi connectivity index (χ0v) is 8.67. The molecule has 0 saturated carbocycles. The fourth-order valence-electron chi connectivity index (χ4n) is 1.20. The molecule has 2 aromatic rings. The molecule has 2 rings (SSSR count). The third kappa shape index (κ3) is 1.54. The number of fused-ring (bicyclic) bond motifs is 1. The summed E-state index contributed by atoms with van der Waals surface area (Å²) in [7, 11) is 0. The van der Waals surface area contributed by atoms with Crippen LogP contribution in [0.5, 0.6) is 5.75 Å². The van der Waals surface area contributed by atoms with E-state index in [2.05, 4.69) is 14.2 Å². The van der Waals surface area contributed by atoms with Crippen molar-refractivity contribution in [1.29, 1.82) is 0 Å². The van der Waals surface area contributed by atoms with E-state index in [9.17, 15) is 4.79 Å². The number of nitrogens with two attached hydrogens (primary N) is 1. The van der Waals surface area contributed by atoms with Gasteiger partial charge in [-0.05, 0) is 6.07 Å². The van der Waals surface area contributed by atoms with Gasteiger partial charge in [-0.25, -0.2) is 9.78 Å². The van der Waals surface area contributed by atoms with Crippen LogP contribution in [0.15, 0.2) is 21.7 Å². The van der Waals surface area contributed by atoms with Crippen LogP contribution in [0.1, 0.15) is 0 Å². The first-order chi connectivity index (χ1) is 7.15. The van der Waals surface area contributed by atoms with Gasteiger partial charge in [0, 0.05) is 0 Å². The van der Waals surface area contributed by atoms with Crippen LogP contribution < -0.4 is 16.4 Å². The molecule has 0 aliphatic carbocycles. The van der Waals surface area contributed by atoms with Crippen LogP contribution in [0.3, 0.4) is 0 Å². The van der Waals surface area contributed by atoms with Gasteiger partial charge in [-0.3, -0.25) is 0 Å². The number of hydrogen-bond donors (Lipinski definition) is 1. The van der Waals surface area contributed by atoms with Crippen molar-refractivity contribution >= 4 is 34.1 Å². The zero-order valence-electron chi connectivity index (χ0n) is 7.16. The maximum absolute atomic E-state index is 11.3. The summed E-state index contributed by atoms with van der Waals surface area (Å²) >= 11 is 11.6. The third-order valence-electron chi connectivity index (χ3n) is 1.82. The van der Waals surface area contributed by atoms with E-state index in [1.165, 1.54) is 6.07 Å². The van der Waals surface area contributed by atoms with Crippen molar-refractivity contribution in [2.24, 2.45) is 5.90 Å². The molecular formula is C8H4Cl2N2O3. The van der Waals surface area contributed by atoms with E-state index in [1.807, 2.05) is 0 Å². The Hall–Kier alpha value is -1.30. The van der Waals surface area contributed by atoms with Gasteiger partial charge in [0.2, 0.25) is 0 Å². The van der Waals surface area contributed by atoms with Crippen molar-refractivity contribution in [3.63, 3.8) is 0 Å². The third-order valence-corrected chi connectivity index (χ3v) is 2.40. The minimum Gasteiger partial charge on any atom is -0.411 e. The van der Waals surface area contributed by atoms with Crippen LogP contribution in [-0.2, 0) is 0 Å². The van der Waals surface area contributed by atoms with Gasteiger partial charge in [-0.2, -0.15) is 5.90 Å². The molecule has 0 unspecified atom stereocenters. The lowest BCUT2D eigenvalue weighted by Crippen LogP contribution is -2.07. The Labute approximate surface area is 93.3 Å². The summed E-state index contributed by atoms with van der Waals surface area (Å²) in [5.74, 6) is 5.10. The van der Waals surface area contributed by atoms with Crippen LogP contribution in [0, 0.1) is 0 Å². The summed E-state index contributed by atoms with van der Waals surface area (Å²) in [6, 6.07) is 1.34. The monoisotopic (exact) mass is 246 g/mol. The molecule has 0 aliphatic heterocycles. The molecule has 0 spiro atoms. The number of benzene rings is 1. The first-order valence-corrected chi connectivity index (χ1v) is 4.53. The molecule has 1 aromatic heterocycles. The van der Waals surface area contributed by atoms with Gasteiger partial charge < -0.3 is 9.25 Å². The molecule has 1 heterocycles. The quantitative estimate of drug-likeness (QED) is 0.776. The number of nitrogens with zero attached hydrogens (tertiary/aromatic N) is 1. The standard InChI is InChI=1S/C8H4Cl2N2O3/c9-3-1-4(10)7(15-11)6-5(3)8(13)14-2-12-6/h1-2H,11H2. The summed E-state index contributed by atoms with van der Waals surface area (Å²) < 4.78 is 4.57. The van der Waals surface area contributed by atoms with Crippen molar-refractivity contribution in [2.45, 2.75) is 0 Å². The van der Waals surface area contributed by atoms with Crippen molar-refractivity contribution in [2.75, 3.05) is 0 Å². The minimum absolute atomic E-state index is 0.0870. The van der Waals surface area contributed by atoms with Crippen LogP contribution in [-0.4, -0.2) is 4.98 Å². The number of rotatable bonds is 1. The van der Waals surface area contributed by atoms with Crippen LogP contribution in [0.25, 0.3) is 10.9 Å². The smallest absolute Gasteiger partial charge is 0.348 e. The van der Waals surface area contributed by atoms with Crippen molar-refractivity contribution in [3.8, 4) is 5.75 Å². The Morgan fingerprint density at radius 1 is 1.40 bits per heavy atom. The molecule has 0 atom stereocenters. The van der Waals surface area contributed by atoms with E-state index in [0.717, 1.165) is 6.39 Å².